The van der Waals surface area contributed by atoms with E-state index in [4.69, 9.17) is 10.5 Å². The first-order valence-corrected chi connectivity index (χ1v) is 6.50. The lowest BCUT2D eigenvalue weighted by Gasteiger charge is -2.18. The highest BCUT2D eigenvalue weighted by molar-refractivity contribution is 7.77. The fourth-order valence-electron chi connectivity index (χ4n) is 1.20. The molecule has 0 aromatic heterocycles. The second kappa shape index (κ2) is 13.5. The molecule has 4 N–H and O–H groups in total. The van der Waals surface area contributed by atoms with Crippen LogP contribution in [0, 0.1) is 0 Å². The number of benzene rings is 1. The third-order valence-corrected chi connectivity index (χ3v) is 2.16. The van der Waals surface area contributed by atoms with Crippen molar-refractivity contribution < 1.29 is 15.3 Å². The van der Waals surface area contributed by atoms with Crippen molar-refractivity contribution in [3.05, 3.63) is 35.4 Å². The molecule has 1 aromatic rings. The van der Waals surface area contributed by atoms with Crippen molar-refractivity contribution in [1.29, 1.82) is 0 Å². The molecule has 0 radical (unpaired) electrons. The van der Waals surface area contributed by atoms with E-state index in [1.54, 1.807) is 6.92 Å². The van der Waals surface area contributed by atoms with Gasteiger partial charge in [0.15, 0.2) is 5.78 Å². The molecule has 0 unspecified atom stereocenters. The van der Waals surface area contributed by atoms with Gasteiger partial charge in [-0.05, 0) is 17.9 Å². The molecule has 0 spiro atoms. The molecule has 0 aliphatic rings. The Morgan fingerprint density at radius 1 is 1.05 bits per heavy atom. The summed E-state index contributed by atoms with van der Waals surface area (Å²) in [4.78, 5) is 11.0. The molecule has 0 saturated heterocycles. The van der Waals surface area contributed by atoms with Gasteiger partial charge in [0, 0.05) is 5.56 Å². The van der Waals surface area contributed by atoms with Gasteiger partial charge in [-0.3, -0.25) is 20.4 Å². The van der Waals surface area contributed by atoms with Crippen LogP contribution in [-0.2, 0) is 5.41 Å². The maximum Gasteiger partial charge on any atom is 0.159 e. The summed E-state index contributed by atoms with van der Waals surface area (Å²) in [6, 6.07) is 7.83. The van der Waals surface area contributed by atoms with Crippen molar-refractivity contribution in [2.24, 2.45) is 5.14 Å². The number of ketones is 1. The fourth-order valence-corrected chi connectivity index (χ4v) is 1.20. The van der Waals surface area contributed by atoms with Gasteiger partial charge in [0.2, 0.25) is 0 Å². The average Bonchev–Trinajstić information content (AvgIpc) is 2.44. The van der Waals surface area contributed by atoms with Gasteiger partial charge in [-0.25, -0.2) is 0 Å². The summed E-state index contributed by atoms with van der Waals surface area (Å²) >= 11 is 3.03. The Bertz CT molecular complexity index is 318. The molecular formula is C14H27NO3S. The van der Waals surface area contributed by atoms with Gasteiger partial charge in [-0.1, -0.05) is 58.9 Å². The molecule has 4 nitrogen and oxygen atoms in total. The summed E-state index contributed by atoms with van der Waals surface area (Å²) in [7, 11) is 0. The molecule has 5 heteroatoms. The summed E-state index contributed by atoms with van der Waals surface area (Å²) in [6.07, 6.45) is 0. The second-order valence-corrected chi connectivity index (χ2v) is 4.38. The summed E-state index contributed by atoms with van der Waals surface area (Å²) in [5.74, 6) is 0.125. The predicted molar refractivity (Wildman–Crippen MR) is 84.9 cm³/mol. The zero-order valence-corrected chi connectivity index (χ0v) is 13.5. The summed E-state index contributed by atoms with van der Waals surface area (Å²) < 4.78 is 0. The minimum absolute atomic E-state index is 0.125. The number of hydrogen-bond acceptors (Lipinski definition) is 5. The molecule has 0 aliphatic heterocycles. The van der Waals surface area contributed by atoms with Gasteiger partial charge in [-0.2, -0.15) is 0 Å². The molecule has 1 rings (SSSR count). The first-order chi connectivity index (χ1) is 8.91. The van der Waals surface area contributed by atoms with Crippen LogP contribution in [0.5, 0.6) is 0 Å². The lowest BCUT2D eigenvalue weighted by Crippen LogP contribution is -2.10. The molecule has 0 atom stereocenters. The van der Waals surface area contributed by atoms with E-state index in [9.17, 15) is 4.79 Å². The summed E-state index contributed by atoms with van der Waals surface area (Å²) in [5.41, 5.74) is 2.21. The molecule has 0 bridgehead atoms. The number of nitrogens with two attached hydrogens (primary N) is 1. The third kappa shape index (κ3) is 10.7. The van der Waals surface area contributed by atoms with Crippen molar-refractivity contribution in [2.45, 2.75) is 47.0 Å². The fraction of sp³-hybridized carbons (Fsp3) is 0.500. The van der Waals surface area contributed by atoms with Gasteiger partial charge in [0.05, 0.1) is 0 Å². The summed E-state index contributed by atoms with van der Waals surface area (Å²) in [5, 5.41) is 16.2. The van der Waals surface area contributed by atoms with Gasteiger partial charge in [0.25, 0.3) is 0 Å². The van der Waals surface area contributed by atoms with E-state index in [1.807, 2.05) is 38.1 Å². The van der Waals surface area contributed by atoms with E-state index < -0.39 is 0 Å². The van der Waals surface area contributed by atoms with Crippen LogP contribution in [0.1, 0.15) is 57.5 Å². The van der Waals surface area contributed by atoms with E-state index in [0.29, 0.717) is 0 Å². The second-order valence-electron chi connectivity index (χ2n) is 4.38. The topological polar surface area (TPSA) is 83.6 Å². The van der Waals surface area contributed by atoms with Crippen molar-refractivity contribution >= 4 is 18.6 Å². The molecule has 0 fully saturated rings. The normalized spacial score (nSPS) is 8.74. The Balaban J connectivity index is -0.000000375. The van der Waals surface area contributed by atoms with Crippen LogP contribution in [0.4, 0.5) is 0 Å². The van der Waals surface area contributed by atoms with E-state index in [1.165, 1.54) is 5.56 Å². The van der Waals surface area contributed by atoms with Crippen molar-refractivity contribution in [3.8, 4) is 0 Å². The van der Waals surface area contributed by atoms with Crippen LogP contribution in [-0.4, -0.2) is 16.3 Å². The molecule has 0 saturated carbocycles. The number of carbonyl (C=O) groups is 1. The molecule has 0 aliphatic carbocycles. The lowest BCUT2D eigenvalue weighted by molar-refractivity contribution is -0.176. The van der Waals surface area contributed by atoms with Crippen molar-refractivity contribution in [2.75, 3.05) is 0 Å². The molecule has 19 heavy (non-hydrogen) atoms. The van der Waals surface area contributed by atoms with Crippen LogP contribution in [0.2, 0.25) is 0 Å². The van der Waals surface area contributed by atoms with Crippen LogP contribution in [0.3, 0.4) is 0 Å². The highest BCUT2D eigenvalue weighted by atomic mass is 32.1. The predicted octanol–water partition coefficient (Wildman–Crippen LogP) is 4.02. The molecule has 112 valence electrons. The standard InChI is InChI=1S/C12H16O.C2H6.H3NS.H2O2/c1-9(13)10-5-7-11(8-6-10)12(2,3)4;3*1-2/h5-8H,1-4H3;1-2H3;2H,1H2;1-2H. The van der Waals surface area contributed by atoms with Crippen LogP contribution in [0.25, 0.3) is 0 Å². The molecular weight excluding hydrogens is 262 g/mol. The smallest absolute Gasteiger partial charge is 0.159 e. The Morgan fingerprint density at radius 3 is 1.58 bits per heavy atom. The largest absolute Gasteiger partial charge is 0.295 e. The van der Waals surface area contributed by atoms with E-state index in [0.717, 1.165) is 5.56 Å². The van der Waals surface area contributed by atoms with Crippen LogP contribution >= 0.6 is 12.8 Å². The highest BCUT2D eigenvalue weighted by Gasteiger charge is 2.13. The maximum absolute atomic E-state index is 11.0. The van der Waals surface area contributed by atoms with Crippen molar-refractivity contribution in [3.63, 3.8) is 0 Å². The number of thiol groups is 1. The minimum atomic E-state index is 0.125. The van der Waals surface area contributed by atoms with E-state index in [2.05, 4.69) is 38.7 Å². The number of rotatable bonds is 1. The van der Waals surface area contributed by atoms with Crippen LogP contribution < -0.4 is 5.14 Å². The lowest BCUT2D eigenvalue weighted by atomic mass is 9.86. The highest BCUT2D eigenvalue weighted by Crippen LogP contribution is 2.22. The molecule has 0 amide bonds. The Labute approximate surface area is 122 Å². The van der Waals surface area contributed by atoms with Gasteiger partial charge < -0.3 is 0 Å². The zero-order valence-electron chi connectivity index (χ0n) is 12.6. The number of carbonyl (C=O) groups excluding carboxylic acids is 1. The molecule has 1 aromatic carbocycles. The zero-order chi connectivity index (χ0) is 16.1. The van der Waals surface area contributed by atoms with Gasteiger partial charge >= 0.3 is 0 Å². The Hall–Kier alpha value is -0.880. The van der Waals surface area contributed by atoms with Crippen LogP contribution in [0.15, 0.2) is 24.3 Å². The number of Topliss-reactive ketones (excluding diaryl/α,β-unsaturated/α-hetero) is 1. The number of hydrogen-bond donors (Lipinski definition) is 4. The first-order valence-electron chi connectivity index (χ1n) is 5.98. The monoisotopic (exact) mass is 289 g/mol. The third-order valence-electron chi connectivity index (χ3n) is 2.16. The average molecular weight is 289 g/mol. The first kappa shape index (κ1) is 23.2. The SMILES string of the molecule is CC.CC(=O)c1ccc(C(C)(C)C)cc1.NS.OO. The minimum Gasteiger partial charge on any atom is -0.295 e. The Kier molecular flexibility index (Phi) is 16.6. The van der Waals surface area contributed by atoms with E-state index in [-0.39, 0.29) is 11.2 Å². The van der Waals surface area contributed by atoms with Gasteiger partial charge in [-0.15, -0.1) is 12.8 Å². The summed E-state index contributed by atoms with van der Waals surface area (Å²) in [6.45, 7) is 12.1. The quantitative estimate of drug-likeness (QED) is 0.272. The molecule has 0 heterocycles. The van der Waals surface area contributed by atoms with Gasteiger partial charge in [0.1, 0.15) is 0 Å². The maximum atomic E-state index is 11.0. The Morgan fingerprint density at radius 2 is 1.37 bits per heavy atom. The van der Waals surface area contributed by atoms with Crippen molar-refractivity contribution in [1.82, 2.24) is 0 Å². The van der Waals surface area contributed by atoms with E-state index >= 15 is 0 Å².